The second-order valence-corrected chi connectivity index (χ2v) is 7.05. The summed E-state index contributed by atoms with van der Waals surface area (Å²) >= 11 is 0. The molecule has 4 nitrogen and oxygen atoms in total. The van der Waals surface area contributed by atoms with Crippen LogP contribution in [0.3, 0.4) is 0 Å². The summed E-state index contributed by atoms with van der Waals surface area (Å²) < 4.78 is 40.4. The Morgan fingerprint density at radius 1 is 1.03 bits per heavy atom. The first-order valence-electron chi connectivity index (χ1n) is 9.27. The number of aromatic nitrogens is 1. The summed E-state index contributed by atoms with van der Waals surface area (Å²) in [7, 11) is 0. The number of halogens is 3. The Morgan fingerprint density at radius 2 is 1.67 bits per heavy atom. The molecule has 0 spiro atoms. The molecule has 2 aromatic carbocycles. The number of nitrogens with one attached hydrogen (secondary N) is 1. The van der Waals surface area contributed by atoms with Crippen molar-refractivity contribution in [3.05, 3.63) is 93.5 Å². The largest absolute Gasteiger partial charge is 0.674 e. The lowest BCUT2D eigenvalue weighted by Gasteiger charge is -2.16. The quantitative estimate of drug-likeness (QED) is 0.517. The molecule has 160 valence electrons. The van der Waals surface area contributed by atoms with E-state index < -0.39 is 17.7 Å². The first kappa shape index (κ1) is 23.2. The van der Waals surface area contributed by atoms with Gasteiger partial charge in [0, 0.05) is 11.4 Å². The molecular formula is C23H24F3N2O2-. The molecular weight excluding hydrogens is 393 g/mol. The minimum absolute atomic E-state index is 0.000484. The summed E-state index contributed by atoms with van der Waals surface area (Å²) in [5.41, 5.74) is 10.6. The molecule has 0 aliphatic rings. The van der Waals surface area contributed by atoms with Crippen LogP contribution in [-0.2, 0) is 12.7 Å². The van der Waals surface area contributed by atoms with Gasteiger partial charge in [0.25, 0.3) is 0 Å². The van der Waals surface area contributed by atoms with Gasteiger partial charge in [-0.1, -0.05) is 41.5 Å². The summed E-state index contributed by atoms with van der Waals surface area (Å²) in [6.45, 7) is 7.58. The van der Waals surface area contributed by atoms with Crippen molar-refractivity contribution in [1.82, 2.24) is 4.57 Å². The fourth-order valence-corrected chi connectivity index (χ4v) is 3.30. The van der Waals surface area contributed by atoms with Gasteiger partial charge in [0.15, 0.2) is 0 Å². The van der Waals surface area contributed by atoms with Crippen LogP contribution < -0.4 is 0 Å². The fraction of sp³-hybridized carbons (Fsp3) is 0.261. The van der Waals surface area contributed by atoms with E-state index in [4.69, 9.17) is 10.8 Å². The summed E-state index contributed by atoms with van der Waals surface area (Å²) in [4.78, 5) is 11.1. The number of carboxylic acids is 1. The van der Waals surface area contributed by atoms with Crippen LogP contribution in [0.15, 0.2) is 48.5 Å². The number of carbonyl (C=O) groups is 1. The third-order valence-electron chi connectivity index (χ3n) is 4.80. The highest BCUT2D eigenvalue weighted by molar-refractivity contribution is 5.89. The summed E-state index contributed by atoms with van der Waals surface area (Å²) in [5.74, 6) is -1.16. The highest BCUT2D eigenvalue weighted by Crippen LogP contribution is 2.35. The van der Waals surface area contributed by atoms with Crippen LogP contribution in [0.1, 0.15) is 44.0 Å². The molecule has 30 heavy (non-hydrogen) atoms. The van der Waals surface area contributed by atoms with E-state index >= 15 is 0 Å². The van der Waals surface area contributed by atoms with E-state index in [-0.39, 0.29) is 16.9 Å². The van der Waals surface area contributed by atoms with Crippen LogP contribution >= 0.6 is 0 Å². The van der Waals surface area contributed by atoms with Crippen LogP contribution in [0.25, 0.3) is 11.4 Å². The molecule has 1 aromatic heterocycles. The SMILES string of the molecule is Cc1cc(C(=O)O)c(C)n1-c1ccccc1C(F)(F)F.Cc1ccc(C[NH-])c(C)c1. The second kappa shape index (κ2) is 9.17. The van der Waals surface area contributed by atoms with Crippen LogP contribution in [0, 0.1) is 27.7 Å². The topological polar surface area (TPSA) is 66.0 Å². The Hall–Kier alpha value is -3.06. The van der Waals surface area contributed by atoms with Gasteiger partial charge < -0.3 is 15.4 Å². The van der Waals surface area contributed by atoms with Crippen molar-refractivity contribution in [3.63, 3.8) is 0 Å². The molecule has 3 rings (SSSR count). The van der Waals surface area contributed by atoms with E-state index in [0.29, 0.717) is 12.2 Å². The zero-order chi connectivity index (χ0) is 22.6. The third-order valence-corrected chi connectivity index (χ3v) is 4.80. The molecule has 0 aliphatic carbocycles. The van der Waals surface area contributed by atoms with Gasteiger partial charge in [-0.2, -0.15) is 13.2 Å². The normalized spacial score (nSPS) is 11.1. The van der Waals surface area contributed by atoms with Gasteiger partial charge in [-0.25, -0.2) is 4.79 Å². The number of para-hydroxylation sites is 1. The van der Waals surface area contributed by atoms with Crippen molar-refractivity contribution in [1.29, 1.82) is 0 Å². The monoisotopic (exact) mass is 417 g/mol. The number of hydrogen-bond donors (Lipinski definition) is 1. The van der Waals surface area contributed by atoms with Gasteiger partial charge in [0.1, 0.15) is 0 Å². The smallest absolute Gasteiger partial charge is 0.418 e. The van der Waals surface area contributed by atoms with E-state index in [1.54, 1.807) is 6.92 Å². The van der Waals surface area contributed by atoms with Crippen LogP contribution in [0.5, 0.6) is 0 Å². The highest BCUT2D eigenvalue weighted by atomic mass is 19.4. The fourth-order valence-electron chi connectivity index (χ4n) is 3.30. The van der Waals surface area contributed by atoms with Crippen LogP contribution in [-0.4, -0.2) is 15.6 Å². The number of alkyl halides is 3. The Bertz CT molecular complexity index is 1050. The van der Waals surface area contributed by atoms with Crippen molar-refractivity contribution in [2.45, 2.75) is 40.4 Å². The maximum absolute atomic E-state index is 13.0. The number of nitrogens with zero attached hydrogens (tertiary/aromatic N) is 1. The van der Waals surface area contributed by atoms with Crippen molar-refractivity contribution in [2.24, 2.45) is 0 Å². The standard InChI is InChI=1S/C14H12F3NO2.C9H12N/c1-8-7-10(13(19)20)9(2)18(8)12-6-4-3-5-11(12)14(15,16)17;1-7-3-4-9(6-10)8(2)5-7/h3-7H,1-2H3,(H,19,20);3-5,10H,6H2,1-2H3/q;-1. The minimum atomic E-state index is -4.50. The van der Waals surface area contributed by atoms with E-state index in [1.165, 1.54) is 46.9 Å². The number of hydrogen-bond acceptors (Lipinski definition) is 1. The number of aryl methyl sites for hydroxylation is 3. The Morgan fingerprint density at radius 3 is 2.17 bits per heavy atom. The number of carboxylic acid groups (broad SMARTS) is 1. The van der Waals surface area contributed by atoms with Gasteiger partial charge in [-0.15, -0.1) is 6.54 Å². The maximum atomic E-state index is 13.0. The molecule has 7 heteroatoms. The molecule has 0 radical (unpaired) electrons. The highest BCUT2D eigenvalue weighted by Gasteiger charge is 2.34. The van der Waals surface area contributed by atoms with Gasteiger partial charge >= 0.3 is 12.1 Å². The first-order chi connectivity index (χ1) is 14.0. The predicted octanol–water partition coefficient (Wildman–Crippen LogP) is 6.67. The molecule has 0 unspecified atom stereocenters. The van der Waals surface area contributed by atoms with E-state index in [0.717, 1.165) is 11.6 Å². The average molecular weight is 417 g/mol. The van der Waals surface area contributed by atoms with Crippen LogP contribution in [0.2, 0.25) is 0 Å². The number of aromatic carboxylic acids is 1. The number of benzene rings is 2. The van der Waals surface area contributed by atoms with E-state index in [2.05, 4.69) is 26.0 Å². The lowest BCUT2D eigenvalue weighted by atomic mass is 10.1. The summed E-state index contributed by atoms with van der Waals surface area (Å²) in [6.07, 6.45) is -4.50. The van der Waals surface area contributed by atoms with Gasteiger partial charge in [-0.05, 0) is 51.5 Å². The van der Waals surface area contributed by atoms with Crippen molar-refractivity contribution in [3.8, 4) is 5.69 Å². The lowest BCUT2D eigenvalue weighted by molar-refractivity contribution is -0.137. The Balaban J connectivity index is 0.000000269. The van der Waals surface area contributed by atoms with Crippen LogP contribution in [0.4, 0.5) is 13.2 Å². The molecule has 0 atom stereocenters. The Labute approximate surface area is 173 Å². The second-order valence-electron chi connectivity index (χ2n) is 7.05. The molecule has 0 amide bonds. The first-order valence-corrected chi connectivity index (χ1v) is 9.27. The molecule has 1 heterocycles. The minimum Gasteiger partial charge on any atom is -0.674 e. The van der Waals surface area contributed by atoms with Gasteiger partial charge in [0.05, 0.1) is 16.8 Å². The zero-order valence-electron chi connectivity index (χ0n) is 17.3. The molecule has 0 fully saturated rings. The molecule has 0 saturated heterocycles. The lowest BCUT2D eigenvalue weighted by Crippen LogP contribution is -2.12. The summed E-state index contributed by atoms with van der Waals surface area (Å²) in [5, 5.41) is 9.04. The van der Waals surface area contributed by atoms with Crippen molar-refractivity contribution >= 4 is 5.97 Å². The molecule has 0 saturated carbocycles. The summed E-state index contributed by atoms with van der Waals surface area (Å²) in [6, 6.07) is 12.7. The molecule has 0 aliphatic heterocycles. The predicted molar refractivity (Wildman–Crippen MR) is 111 cm³/mol. The van der Waals surface area contributed by atoms with E-state index in [9.17, 15) is 18.0 Å². The van der Waals surface area contributed by atoms with E-state index in [1.807, 2.05) is 6.07 Å². The molecule has 0 bridgehead atoms. The van der Waals surface area contributed by atoms with Crippen molar-refractivity contribution < 1.29 is 23.1 Å². The maximum Gasteiger partial charge on any atom is 0.418 e. The average Bonchev–Trinajstić information content (AvgIpc) is 2.96. The molecule has 3 aromatic rings. The Kier molecular flexibility index (Phi) is 7.10. The van der Waals surface area contributed by atoms with Gasteiger partial charge in [-0.3, -0.25) is 0 Å². The molecule has 2 N–H and O–H groups in total. The third kappa shape index (κ3) is 5.10. The van der Waals surface area contributed by atoms with Crippen molar-refractivity contribution in [2.75, 3.05) is 0 Å². The number of rotatable bonds is 3. The van der Waals surface area contributed by atoms with Gasteiger partial charge in [0.2, 0.25) is 0 Å². The zero-order valence-corrected chi connectivity index (χ0v) is 17.3.